The van der Waals surface area contributed by atoms with E-state index in [0.717, 1.165) is 32.5 Å². The molecule has 24 heavy (non-hydrogen) atoms. The first kappa shape index (κ1) is 21.4. The lowest BCUT2D eigenvalue weighted by Crippen LogP contribution is -2.61. The highest BCUT2D eigenvalue weighted by Gasteiger charge is 2.36. The highest BCUT2D eigenvalue weighted by atomic mass is 35.5. The number of nitrogens with one attached hydrogen (secondary N) is 2. The smallest absolute Gasteiger partial charge is 0.242 e. The summed E-state index contributed by atoms with van der Waals surface area (Å²) in [6, 6.07) is -0.0988. The SMILES string of the molecule is C[C@H]1OCCN[C@@H]1C(=O)N1CCCC(N2CCNCC2=O)C1.Cl.Cl. The van der Waals surface area contributed by atoms with E-state index < -0.39 is 0 Å². The van der Waals surface area contributed by atoms with Crippen molar-refractivity contribution >= 4 is 36.6 Å². The molecular weight excluding hydrogens is 355 g/mol. The van der Waals surface area contributed by atoms with Gasteiger partial charge in [0.1, 0.15) is 6.04 Å². The van der Waals surface area contributed by atoms with Crippen LogP contribution in [0.5, 0.6) is 0 Å². The highest BCUT2D eigenvalue weighted by molar-refractivity contribution is 5.85. The molecule has 3 aliphatic rings. The third-order valence-electron chi connectivity index (χ3n) is 4.86. The number of likely N-dealkylation sites (tertiary alicyclic amines) is 1. The molecule has 0 aromatic rings. The van der Waals surface area contributed by atoms with Crippen molar-refractivity contribution in [1.29, 1.82) is 0 Å². The van der Waals surface area contributed by atoms with Crippen molar-refractivity contribution in [3.05, 3.63) is 0 Å². The van der Waals surface area contributed by atoms with Gasteiger partial charge in [0.05, 0.1) is 19.3 Å². The minimum atomic E-state index is -0.258. The van der Waals surface area contributed by atoms with Crippen LogP contribution in [0.1, 0.15) is 19.8 Å². The van der Waals surface area contributed by atoms with Crippen molar-refractivity contribution in [2.75, 3.05) is 45.9 Å². The molecule has 3 fully saturated rings. The maximum atomic E-state index is 12.7. The minimum absolute atomic E-state index is 0. The standard InChI is InChI=1S/C15H26N4O3.2ClH/c1-11-14(17-5-8-22-11)15(21)18-6-2-3-12(10-18)19-7-4-16-9-13(19)20;;/h11-12,14,16-17H,2-10H2,1H3;2*1H/t11-,12?,14+;;/m1../s1. The van der Waals surface area contributed by atoms with Gasteiger partial charge in [-0.05, 0) is 19.8 Å². The Balaban J connectivity index is 0.00000144. The molecule has 0 radical (unpaired) electrons. The van der Waals surface area contributed by atoms with Crippen LogP contribution < -0.4 is 10.6 Å². The monoisotopic (exact) mass is 382 g/mol. The minimum Gasteiger partial charge on any atom is -0.375 e. The Morgan fingerprint density at radius 1 is 1.25 bits per heavy atom. The summed E-state index contributed by atoms with van der Waals surface area (Å²) in [5, 5.41) is 6.36. The van der Waals surface area contributed by atoms with Gasteiger partial charge in [-0.25, -0.2) is 0 Å². The number of carbonyl (C=O) groups is 2. The Hall–Kier alpha value is -0.600. The molecule has 7 nitrogen and oxygen atoms in total. The van der Waals surface area contributed by atoms with Gasteiger partial charge in [-0.2, -0.15) is 0 Å². The fourth-order valence-corrected chi connectivity index (χ4v) is 3.62. The molecule has 9 heteroatoms. The molecule has 2 amide bonds. The molecule has 0 aliphatic carbocycles. The number of hydrogen-bond acceptors (Lipinski definition) is 5. The zero-order valence-electron chi connectivity index (χ0n) is 14.0. The first-order chi connectivity index (χ1) is 10.7. The number of rotatable bonds is 2. The van der Waals surface area contributed by atoms with Gasteiger partial charge in [0.25, 0.3) is 0 Å². The summed E-state index contributed by atoms with van der Waals surface area (Å²) in [4.78, 5) is 28.7. The molecule has 0 aromatic carbocycles. The lowest BCUT2D eigenvalue weighted by Gasteiger charge is -2.42. The molecule has 2 N–H and O–H groups in total. The Morgan fingerprint density at radius 2 is 2.04 bits per heavy atom. The lowest BCUT2D eigenvalue weighted by molar-refractivity contribution is -0.145. The van der Waals surface area contributed by atoms with Gasteiger partial charge >= 0.3 is 0 Å². The number of carbonyl (C=O) groups excluding carboxylic acids is 2. The molecule has 0 bridgehead atoms. The molecule has 0 aromatic heterocycles. The van der Waals surface area contributed by atoms with E-state index in [-0.39, 0.29) is 54.8 Å². The lowest BCUT2D eigenvalue weighted by atomic mass is 10.0. The molecule has 3 rings (SSSR count). The zero-order valence-corrected chi connectivity index (χ0v) is 15.7. The average molecular weight is 383 g/mol. The van der Waals surface area contributed by atoms with Crippen molar-refractivity contribution in [3.63, 3.8) is 0 Å². The van der Waals surface area contributed by atoms with Crippen LogP contribution in [0.25, 0.3) is 0 Å². The number of amides is 2. The number of nitrogens with zero attached hydrogens (tertiary/aromatic N) is 2. The van der Waals surface area contributed by atoms with E-state index in [1.54, 1.807) is 0 Å². The number of piperazine rings is 1. The van der Waals surface area contributed by atoms with Gasteiger partial charge in [0, 0.05) is 38.8 Å². The van der Waals surface area contributed by atoms with Gasteiger partial charge in [-0.3, -0.25) is 9.59 Å². The van der Waals surface area contributed by atoms with E-state index in [1.807, 2.05) is 16.7 Å². The van der Waals surface area contributed by atoms with Crippen LogP contribution in [-0.2, 0) is 14.3 Å². The molecule has 0 saturated carbocycles. The number of morpholine rings is 1. The van der Waals surface area contributed by atoms with Crippen LogP contribution in [0.15, 0.2) is 0 Å². The molecule has 0 spiro atoms. The molecule has 3 saturated heterocycles. The van der Waals surface area contributed by atoms with Gasteiger partial charge in [0.15, 0.2) is 0 Å². The molecule has 3 heterocycles. The van der Waals surface area contributed by atoms with E-state index in [9.17, 15) is 9.59 Å². The van der Waals surface area contributed by atoms with Gasteiger partial charge in [0.2, 0.25) is 11.8 Å². The first-order valence-electron chi connectivity index (χ1n) is 8.31. The van der Waals surface area contributed by atoms with Gasteiger partial charge in [-0.1, -0.05) is 0 Å². The predicted octanol–water partition coefficient (Wildman–Crippen LogP) is -0.370. The van der Waals surface area contributed by atoms with Crippen molar-refractivity contribution in [2.24, 2.45) is 0 Å². The molecular formula is C15H28Cl2N4O3. The fourth-order valence-electron chi connectivity index (χ4n) is 3.62. The van der Waals surface area contributed by atoms with E-state index in [1.165, 1.54) is 0 Å². The highest BCUT2D eigenvalue weighted by Crippen LogP contribution is 2.19. The number of ether oxygens (including phenoxy) is 1. The number of halogens is 2. The molecule has 3 atom stereocenters. The van der Waals surface area contributed by atoms with Crippen LogP contribution in [0.2, 0.25) is 0 Å². The summed E-state index contributed by atoms with van der Waals surface area (Å²) in [6.45, 7) is 6.74. The number of piperidine rings is 1. The van der Waals surface area contributed by atoms with Crippen molar-refractivity contribution in [1.82, 2.24) is 20.4 Å². The summed E-state index contributed by atoms with van der Waals surface area (Å²) in [7, 11) is 0. The Labute approximate surface area is 155 Å². The Morgan fingerprint density at radius 3 is 2.75 bits per heavy atom. The van der Waals surface area contributed by atoms with Gasteiger partial charge < -0.3 is 25.2 Å². The summed E-state index contributed by atoms with van der Waals surface area (Å²) < 4.78 is 5.58. The van der Waals surface area contributed by atoms with Crippen LogP contribution in [0, 0.1) is 0 Å². The molecule has 3 aliphatic heterocycles. The third kappa shape index (κ3) is 4.73. The first-order valence-corrected chi connectivity index (χ1v) is 8.31. The van der Waals surface area contributed by atoms with Crippen molar-refractivity contribution < 1.29 is 14.3 Å². The maximum Gasteiger partial charge on any atom is 0.242 e. The third-order valence-corrected chi connectivity index (χ3v) is 4.86. The topological polar surface area (TPSA) is 73.9 Å². The largest absolute Gasteiger partial charge is 0.375 e. The van der Waals surface area contributed by atoms with E-state index in [4.69, 9.17) is 4.74 Å². The van der Waals surface area contributed by atoms with Crippen LogP contribution >= 0.6 is 24.8 Å². The second-order valence-corrected chi connectivity index (χ2v) is 6.35. The number of hydrogen-bond donors (Lipinski definition) is 2. The normalized spacial score (nSPS) is 31.0. The second-order valence-electron chi connectivity index (χ2n) is 6.35. The second kappa shape index (κ2) is 9.77. The van der Waals surface area contributed by atoms with Gasteiger partial charge in [-0.15, -0.1) is 24.8 Å². The quantitative estimate of drug-likeness (QED) is 0.681. The molecule has 140 valence electrons. The average Bonchev–Trinajstić information content (AvgIpc) is 2.55. The molecule has 1 unspecified atom stereocenters. The fraction of sp³-hybridized carbons (Fsp3) is 0.867. The van der Waals surface area contributed by atoms with Crippen LogP contribution in [-0.4, -0.2) is 85.7 Å². The summed E-state index contributed by atoms with van der Waals surface area (Å²) >= 11 is 0. The summed E-state index contributed by atoms with van der Waals surface area (Å²) in [5.74, 6) is 0.262. The van der Waals surface area contributed by atoms with E-state index >= 15 is 0 Å². The predicted molar refractivity (Wildman–Crippen MR) is 95.9 cm³/mol. The summed E-state index contributed by atoms with van der Waals surface area (Å²) in [6.07, 6.45) is 1.84. The summed E-state index contributed by atoms with van der Waals surface area (Å²) in [5.41, 5.74) is 0. The van der Waals surface area contributed by atoms with Crippen LogP contribution in [0.4, 0.5) is 0 Å². The van der Waals surface area contributed by atoms with E-state index in [0.29, 0.717) is 26.2 Å². The Bertz CT molecular complexity index is 441. The maximum absolute atomic E-state index is 12.7. The zero-order chi connectivity index (χ0) is 15.5. The Kier molecular flexibility index (Phi) is 8.73. The van der Waals surface area contributed by atoms with Crippen molar-refractivity contribution in [3.8, 4) is 0 Å². The van der Waals surface area contributed by atoms with Crippen molar-refractivity contribution in [2.45, 2.75) is 38.0 Å². The van der Waals surface area contributed by atoms with Crippen LogP contribution in [0.3, 0.4) is 0 Å². The van der Waals surface area contributed by atoms with E-state index in [2.05, 4.69) is 10.6 Å².